The average Bonchev–Trinajstić information content (AvgIpc) is 2.97. The SMILES string of the molecule is Cc1ccc(OCc2nnc(Sc3ccc(F)cc3)o2)cc1. The largest absolute Gasteiger partial charge is 0.484 e. The quantitative estimate of drug-likeness (QED) is 0.704. The van der Waals surface area contributed by atoms with Gasteiger partial charge in [-0.2, -0.15) is 0 Å². The van der Waals surface area contributed by atoms with Crippen molar-refractivity contribution in [3.05, 3.63) is 65.8 Å². The third-order valence-electron chi connectivity index (χ3n) is 2.85. The smallest absolute Gasteiger partial charge is 0.281 e. The van der Waals surface area contributed by atoms with E-state index in [-0.39, 0.29) is 12.4 Å². The first kappa shape index (κ1) is 14.6. The van der Waals surface area contributed by atoms with Gasteiger partial charge < -0.3 is 9.15 Å². The highest BCUT2D eigenvalue weighted by Crippen LogP contribution is 2.26. The van der Waals surface area contributed by atoms with Gasteiger partial charge >= 0.3 is 0 Å². The molecule has 0 aliphatic carbocycles. The molecule has 0 aliphatic rings. The fourth-order valence-corrected chi connectivity index (χ4v) is 2.41. The van der Waals surface area contributed by atoms with Crippen molar-refractivity contribution in [2.75, 3.05) is 0 Å². The Morgan fingerprint density at radius 3 is 2.50 bits per heavy atom. The van der Waals surface area contributed by atoms with E-state index >= 15 is 0 Å². The first-order chi connectivity index (χ1) is 10.7. The van der Waals surface area contributed by atoms with Crippen LogP contribution in [-0.4, -0.2) is 10.2 Å². The minimum absolute atomic E-state index is 0.208. The summed E-state index contributed by atoms with van der Waals surface area (Å²) in [5.74, 6) is 0.865. The molecule has 3 aromatic rings. The van der Waals surface area contributed by atoms with E-state index in [0.717, 1.165) is 10.6 Å². The topological polar surface area (TPSA) is 48.2 Å². The molecule has 0 fully saturated rings. The van der Waals surface area contributed by atoms with E-state index in [1.165, 1.54) is 29.5 Å². The second-order valence-electron chi connectivity index (χ2n) is 4.62. The van der Waals surface area contributed by atoms with Gasteiger partial charge in [0, 0.05) is 4.90 Å². The summed E-state index contributed by atoms with van der Waals surface area (Å²) in [5.41, 5.74) is 1.17. The molecule has 22 heavy (non-hydrogen) atoms. The van der Waals surface area contributed by atoms with Crippen LogP contribution in [0, 0.1) is 12.7 Å². The second kappa shape index (κ2) is 6.62. The summed E-state index contributed by atoms with van der Waals surface area (Å²) in [5, 5.41) is 8.26. The van der Waals surface area contributed by atoms with Crippen molar-refractivity contribution < 1.29 is 13.5 Å². The minimum Gasteiger partial charge on any atom is -0.484 e. The van der Waals surface area contributed by atoms with Crippen LogP contribution in [0.5, 0.6) is 5.75 Å². The molecule has 0 saturated carbocycles. The monoisotopic (exact) mass is 316 g/mol. The van der Waals surface area contributed by atoms with Crippen molar-refractivity contribution in [2.24, 2.45) is 0 Å². The Morgan fingerprint density at radius 2 is 1.77 bits per heavy atom. The summed E-state index contributed by atoms with van der Waals surface area (Å²) in [6, 6.07) is 13.8. The zero-order valence-corrected chi connectivity index (χ0v) is 12.6. The van der Waals surface area contributed by atoms with Crippen LogP contribution in [-0.2, 0) is 6.61 Å². The third-order valence-corrected chi connectivity index (χ3v) is 3.70. The maximum atomic E-state index is 12.8. The molecule has 0 amide bonds. The van der Waals surface area contributed by atoms with Crippen LogP contribution in [0.15, 0.2) is 63.1 Å². The van der Waals surface area contributed by atoms with E-state index < -0.39 is 0 Å². The Balaban J connectivity index is 1.59. The van der Waals surface area contributed by atoms with Gasteiger partial charge in [-0.3, -0.25) is 0 Å². The standard InChI is InChI=1S/C16H13FN2O2S/c1-11-2-6-13(7-3-11)20-10-15-18-19-16(21-15)22-14-8-4-12(17)5-9-14/h2-9H,10H2,1H3. The molecule has 1 heterocycles. The van der Waals surface area contributed by atoms with Crippen molar-refractivity contribution >= 4 is 11.8 Å². The number of benzene rings is 2. The average molecular weight is 316 g/mol. The molecule has 2 aromatic carbocycles. The number of hydrogen-bond donors (Lipinski definition) is 0. The van der Waals surface area contributed by atoms with E-state index in [1.807, 2.05) is 31.2 Å². The number of rotatable bonds is 5. The number of hydrogen-bond acceptors (Lipinski definition) is 5. The van der Waals surface area contributed by atoms with Crippen LogP contribution in [0.1, 0.15) is 11.5 Å². The molecule has 0 atom stereocenters. The zero-order chi connectivity index (χ0) is 15.4. The Hall–Kier alpha value is -2.34. The Morgan fingerprint density at radius 1 is 1.05 bits per heavy atom. The van der Waals surface area contributed by atoms with Gasteiger partial charge in [0.05, 0.1) is 0 Å². The summed E-state index contributed by atoms with van der Waals surface area (Å²) < 4.78 is 23.9. The zero-order valence-electron chi connectivity index (χ0n) is 11.8. The van der Waals surface area contributed by atoms with Crippen molar-refractivity contribution in [1.29, 1.82) is 0 Å². The molecule has 1 aromatic heterocycles. The number of aromatic nitrogens is 2. The maximum absolute atomic E-state index is 12.8. The minimum atomic E-state index is -0.276. The van der Waals surface area contributed by atoms with Crippen LogP contribution >= 0.6 is 11.8 Å². The van der Waals surface area contributed by atoms with Gasteiger partial charge in [-0.1, -0.05) is 17.7 Å². The molecule has 0 aliphatic heterocycles. The Labute approximate surface area is 131 Å². The molecule has 0 spiro atoms. The summed E-state index contributed by atoms with van der Waals surface area (Å²) in [6.07, 6.45) is 0. The Bertz CT molecular complexity index is 742. The normalized spacial score (nSPS) is 10.6. The van der Waals surface area contributed by atoms with Crippen molar-refractivity contribution in [1.82, 2.24) is 10.2 Å². The van der Waals surface area contributed by atoms with Crippen LogP contribution in [0.25, 0.3) is 0 Å². The van der Waals surface area contributed by atoms with Gasteiger partial charge in [0.15, 0.2) is 6.61 Å². The van der Waals surface area contributed by atoms with Crippen LogP contribution < -0.4 is 4.74 Å². The molecule has 0 bridgehead atoms. The van der Waals surface area contributed by atoms with Gasteiger partial charge in [-0.15, -0.1) is 10.2 Å². The van der Waals surface area contributed by atoms with E-state index in [4.69, 9.17) is 9.15 Å². The summed E-state index contributed by atoms with van der Waals surface area (Å²) in [6.45, 7) is 2.22. The lowest BCUT2D eigenvalue weighted by Crippen LogP contribution is -1.95. The van der Waals surface area contributed by atoms with Gasteiger partial charge in [-0.25, -0.2) is 4.39 Å². The number of halogens is 1. The first-order valence-electron chi connectivity index (χ1n) is 6.64. The van der Waals surface area contributed by atoms with Crippen LogP contribution in [0.3, 0.4) is 0 Å². The fourth-order valence-electron chi connectivity index (χ4n) is 1.72. The molecule has 3 rings (SSSR count). The molecule has 4 nitrogen and oxygen atoms in total. The second-order valence-corrected chi connectivity index (χ2v) is 5.64. The van der Waals surface area contributed by atoms with E-state index in [0.29, 0.717) is 11.1 Å². The number of nitrogens with zero attached hydrogens (tertiary/aromatic N) is 2. The van der Waals surface area contributed by atoms with Gasteiger partial charge in [-0.05, 0) is 55.1 Å². The van der Waals surface area contributed by atoms with Gasteiger partial charge in [0.1, 0.15) is 11.6 Å². The van der Waals surface area contributed by atoms with Crippen molar-refractivity contribution in [2.45, 2.75) is 23.6 Å². The molecular weight excluding hydrogens is 303 g/mol. The molecule has 0 unspecified atom stereocenters. The molecule has 0 radical (unpaired) electrons. The molecule has 0 N–H and O–H groups in total. The van der Waals surface area contributed by atoms with Crippen LogP contribution in [0.2, 0.25) is 0 Å². The number of aryl methyl sites for hydroxylation is 1. The van der Waals surface area contributed by atoms with Gasteiger partial charge in [0.2, 0.25) is 0 Å². The fraction of sp³-hybridized carbons (Fsp3) is 0.125. The lowest BCUT2D eigenvalue weighted by atomic mass is 10.2. The summed E-state index contributed by atoms with van der Waals surface area (Å²) >= 11 is 1.28. The maximum Gasteiger partial charge on any atom is 0.281 e. The Kier molecular flexibility index (Phi) is 4.39. The predicted octanol–water partition coefficient (Wildman–Crippen LogP) is 4.25. The third kappa shape index (κ3) is 3.85. The van der Waals surface area contributed by atoms with E-state index in [2.05, 4.69) is 10.2 Å². The summed E-state index contributed by atoms with van der Waals surface area (Å²) in [4.78, 5) is 0.830. The molecule has 0 saturated heterocycles. The first-order valence-corrected chi connectivity index (χ1v) is 7.46. The van der Waals surface area contributed by atoms with E-state index in [1.54, 1.807) is 12.1 Å². The van der Waals surface area contributed by atoms with Crippen LogP contribution in [0.4, 0.5) is 4.39 Å². The lowest BCUT2D eigenvalue weighted by molar-refractivity contribution is 0.252. The molecule has 6 heteroatoms. The highest BCUT2D eigenvalue weighted by Gasteiger charge is 2.08. The molecule has 112 valence electrons. The summed E-state index contributed by atoms with van der Waals surface area (Å²) in [7, 11) is 0. The van der Waals surface area contributed by atoms with Gasteiger partial charge in [0.25, 0.3) is 11.1 Å². The van der Waals surface area contributed by atoms with E-state index in [9.17, 15) is 4.39 Å². The molecular formula is C16H13FN2O2S. The predicted molar refractivity (Wildman–Crippen MR) is 80.3 cm³/mol. The lowest BCUT2D eigenvalue weighted by Gasteiger charge is -2.02. The van der Waals surface area contributed by atoms with Crippen molar-refractivity contribution in [3.8, 4) is 5.75 Å². The van der Waals surface area contributed by atoms with Crippen molar-refractivity contribution in [3.63, 3.8) is 0 Å². The highest BCUT2D eigenvalue weighted by atomic mass is 32.2. The highest BCUT2D eigenvalue weighted by molar-refractivity contribution is 7.99. The number of ether oxygens (including phenoxy) is 1.